The minimum Gasteiger partial charge on any atom is -0.410 e. The van der Waals surface area contributed by atoms with Crippen LogP contribution in [0.1, 0.15) is 25.7 Å². The summed E-state index contributed by atoms with van der Waals surface area (Å²) in [7, 11) is 0. The molecular formula is C24H21Cl2NO2. The van der Waals surface area contributed by atoms with Crippen LogP contribution in [0.2, 0.25) is 10.0 Å². The maximum atomic E-state index is 12.4. The van der Waals surface area contributed by atoms with Gasteiger partial charge in [0.1, 0.15) is 5.75 Å². The highest BCUT2D eigenvalue weighted by Crippen LogP contribution is 2.34. The zero-order valence-electron chi connectivity index (χ0n) is 15.8. The number of amides is 1. The van der Waals surface area contributed by atoms with Crippen LogP contribution in [0.25, 0.3) is 22.3 Å². The van der Waals surface area contributed by atoms with Crippen LogP contribution in [-0.4, -0.2) is 12.1 Å². The summed E-state index contributed by atoms with van der Waals surface area (Å²) in [5, 5.41) is 3.95. The highest BCUT2D eigenvalue weighted by atomic mass is 35.5. The van der Waals surface area contributed by atoms with Crippen molar-refractivity contribution < 1.29 is 9.53 Å². The number of rotatable bonds is 4. The van der Waals surface area contributed by atoms with Crippen LogP contribution in [-0.2, 0) is 0 Å². The molecule has 0 bridgehead atoms. The summed E-state index contributed by atoms with van der Waals surface area (Å²) < 4.78 is 5.65. The van der Waals surface area contributed by atoms with E-state index in [1.807, 2.05) is 54.6 Å². The summed E-state index contributed by atoms with van der Waals surface area (Å²) in [6, 6.07) is 21.4. The molecule has 3 aromatic rings. The topological polar surface area (TPSA) is 38.3 Å². The van der Waals surface area contributed by atoms with Crippen molar-refractivity contribution in [2.24, 2.45) is 0 Å². The van der Waals surface area contributed by atoms with E-state index in [2.05, 4.69) is 11.4 Å². The average molecular weight is 426 g/mol. The first-order chi connectivity index (χ1) is 14.1. The molecule has 0 aliphatic heterocycles. The largest absolute Gasteiger partial charge is 0.412 e. The Hall–Kier alpha value is -2.49. The van der Waals surface area contributed by atoms with Crippen molar-refractivity contribution >= 4 is 29.3 Å². The van der Waals surface area contributed by atoms with E-state index < -0.39 is 6.09 Å². The molecule has 0 radical (unpaired) electrons. The van der Waals surface area contributed by atoms with Crippen LogP contribution in [0.5, 0.6) is 5.75 Å². The van der Waals surface area contributed by atoms with Gasteiger partial charge in [-0.25, -0.2) is 4.79 Å². The molecule has 1 N–H and O–H groups in total. The van der Waals surface area contributed by atoms with E-state index in [9.17, 15) is 4.79 Å². The summed E-state index contributed by atoms with van der Waals surface area (Å²) in [6.07, 6.45) is 3.90. The Kier molecular flexibility index (Phi) is 6.08. The minimum atomic E-state index is -0.415. The molecule has 0 aromatic heterocycles. The van der Waals surface area contributed by atoms with Crippen LogP contribution >= 0.6 is 23.2 Å². The summed E-state index contributed by atoms with van der Waals surface area (Å²) in [5.41, 5.74) is 3.79. The van der Waals surface area contributed by atoms with Gasteiger partial charge in [-0.2, -0.15) is 0 Å². The smallest absolute Gasteiger partial charge is 0.410 e. The molecule has 5 heteroatoms. The first-order valence-electron chi connectivity index (χ1n) is 9.73. The molecule has 3 nitrogen and oxygen atoms in total. The lowest BCUT2D eigenvalue weighted by Gasteiger charge is -2.14. The van der Waals surface area contributed by atoms with Crippen molar-refractivity contribution in [2.45, 2.75) is 31.7 Å². The Labute approximate surface area is 180 Å². The quantitative estimate of drug-likeness (QED) is 0.473. The van der Waals surface area contributed by atoms with E-state index in [4.69, 9.17) is 27.9 Å². The van der Waals surface area contributed by atoms with Gasteiger partial charge in [0, 0.05) is 6.04 Å². The summed E-state index contributed by atoms with van der Waals surface area (Å²) in [6.45, 7) is 0. The Balaban J connectivity index is 1.67. The third kappa shape index (κ3) is 4.92. The van der Waals surface area contributed by atoms with Crippen molar-refractivity contribution in [3.63, 3.8) is 0 Å². The molecule has 1 amide bonds. The SMILES string of the molecule is O=C(NC1CCCC1)Oc1cc(-c2ccccc2)cc(-c2ccc(Cl)c(Cl)c2)c1. The summed E-state index contributed by atoms with van der Waals surface area (Å²) in [5.74, 6) is 0.489. The maximum Gasteiger partial charge on any atom is 0.412 e. The third-order valence-corrected chi connectivity index (χ3v) is 5.89. The molecular weight excluding hydrogens is 405 g/mol. The lowest BCUT2D eigenvalue weighted by Crippen LogP contribution is -2.34. The monoisotopic (exact) mass is 425 g/mol. The fourth-order valence-corrected chi connectivity index (χ4v) is 3.97. The van der Waals surface area contributed by atoms with Gasteiger partial charge in [0.05, 0.1) is 10.0 Å². The molecule has 0 saturated heterocycles. The number of hydrogen-bond acceptors (Lipinski definition) is 2. The first-order valence-corrected chi connectivity index (χ1v) is 10.5. The zero-order chi connectivity index (χ0) is 20.2. The fraction of sp³-hybridized carbons (Fsp3) is 0.208. The Morgan fingerprint density at radius 2 is 1.48 bits per heavy atom. The summed E-state index contributed by atoms with van der Waals surface area (Å²) in [4.78, 5) is 12.4. The summed E-state index contributed by atoms with van der Waals surface area (Å²) >= 11 is 12.3. The van der Waals surface area contributed by atoms with Crippen LogP contribution in [0.4, 0.5) is 4.79 Å². The van der Waals surface area contributed by atoms with E-state index in [1.165, 1.54) is 0 Å². The Morgan fingerprint density at radius 1 is 0.793 bits per heavy atom. The standard InChI is InChI=1S/C24H21Cl2NO2/c25-22-11-10-17(15-23(22)26)19-12-18(16-6-2-1-3-7-16)13-21(14-19)29-24(28)27-20-8-4-5-9-20/h1-3,6-7,10-15,20H,4-5,8-9H2,(H,27,28). The number of halogens is 2. The van der Waals surface area contributed by atoms with Crippen LogP contribution in [0.15, 0.2) is 66.7 Å². The van der Waals surface area contributed by atoms with Gasteiger partial charge in [-0.15, -0.1) is 0 Å². The highest BCUT2D eigenvalue weighted by molar-refractivity contribution is 6.42. The molecule has 1 aliphatic carbocycles. The Morgan fingerprint density at radius 3 is 2.17 bits per heavy atom. The molecule has 1 saturated carbocycles. The Bertz CT molecular complexity index is 1010. The molecule has 0 atom stereocenters. The van der Waals surface area contributed by atoms with E-state index >= 15 is 0 Å². The number of benzene rings is 3. The number of nitrogens with one attached hydrogen (secondary N) is 1. The molecule has 3 aromatic carbocycles. The molecule has 0 heterocycles. The van der Waals surface area contributed by atoms with Gasteiger partial charge in [0.15, 0.2) is 0 Å². The van der Waals surface area contributed by atoms with Crippen molar-refractivity contribution in [2.75, 3.05) is 0 Å². The number of carbonyl (C=O) groups excluding carboxylic acids is 1. The van der Waals surface area contributed by atoms with Crippen molar-refractivity contribution in [1.82, 2.24) is 5.32 Å². The molecule has 0 spiro atoms. The van der Waals surface area contributed by atoms with Gasteiger partial charge in [0.2, 0.25) is 0 Å². The van der Waals surface area contributed by atoms with Gasteiger partial charge < -0.3 is 10.1 Å². The highest BCUT2D eigenvalue weighted by Gasteiger charge is 2.18. The van der Waals surface area contributed by atoms with Gasteiger partial charge in [0.25, 0.3) is 0 Å². The second-order valence-electron chi connectivity index (χ2n) is 7.26. The van der Waals surface area contributed by atoms with Crippen molar-refractivity contribution in [1.29, 1.82) is 0 Å². The molecule has 1 fully saturated rings. The molecule has 29 heavy (non-hydrogen) atoms. The molecule has 4 rings (SSSR count). The van der Waals surface area contributed by atoms with Crippen LogP contribution in [0, 0.1) is 0 Å². The maximum absolute atomic E-state index is 12.4. The normalized spacial score (nSPS) is 14.0. The van der Waals surface area contributed by atoms with E-state index in [0.29, 0.717) is 15.8 Å². The first kappa shape index (κ1) is 19.8. The zero-order valence-corrected chi connectivity index (χ0v) is 17.3. The number of hydrogen-bond donors (Lipinski definition) is 1. The third-order valence-electron chi connectivity index (χ3n) is 5.15. The van der Waals surface area contributed by atoms with Gasteiger partial charge in [-0.3, -0.25) is 0 Å². The lowest BCUT2D eigenvalue weighted by molar-refractivity contribution is 0.196. The van der Waals surface area contributed by atoms with Gasteiger partial charge in [-0.05, 0) is 65.4 Å². The van der Waals surface area contributed by atoms with Gasteiger partial charge in [-0.1, -0.05) is 72.4 Å². The van der Waals surface area contributed by atoms with Crippen LogP contribution < -0.4 is 10.1 Å². The fourth-order valence-electron chi connectivity index (χ4n) is 3.67. The van der Waals surface area contributed by atoms with Gasteiger partial charge >= 0.3 is 6.09 Å². The predicted octanol–water partition coefficient (Wildman–Crippen LogP) is 7.36. The minimum absolute atomic E-state index is 0.203. The molecule has 148 valence electrons. The molecule has 0 unspecified atom stereocenters. The predicted molar refractivity (Wildman–Crippen MR) is 119 cm³/mol. The van der Waals surface area contributed by atoms with Crippen LogP contribution in [0.3, 0.4) is 0 Å². The molecule has 1 aliphatic rings. The van der Waals surface area contributed by atoms with Crippen molar-refractivity contribution in [3.8, 4) is 28.0 Å². The van der Waals surface area contributed by atoms with E-state index in [-0.39, 0.29) is 6.04 Å². The van der Waals surface area contributed by atoms with E-state index in [0.717, 1.165) is 47.9 Å². The number of carbonyl (C=O) groups is 1. The van der Waals surface area contributed by atoms with Crippen molar-refractivity contribution in [3.05, 3.63) is 76.8 Å². The van der Waals surface area contributed by atoms with E-state index in [1.54, 1.807) is 6.07 Å². The second-order valence-corrected chi connectivity index (χ2v) is 8.07. The average Bonchev–Trinajstić information content (AvgIpc) is 3.23. The number of ether oxygens (including phenoxy) is 1. The second kappa shape index (κ2) is 8.89. The lowest BCUT2D eigenvalue weighted by atomic mass is 9.98.